The van der Waals surface area contributed by atoms with Gasteiger partial charge in [0.25, 0.3) is 0 Å². The minimum absolute atomic E-state index is 0.148. The molecule has 0 saturated heterocycles. The summed E-state index contributed by atoms with van der Waals surface area (Å²) >= 11 is 4.57. The highest BCUT2D eigenvalue weighted by Crippen LogP contribution is 2.33. The van der Waals surface area contributed by atoms with Gasteiger partial charge in [-0.3, -0.25) is 4.79 Å². The number of ketones is 1. The number of ether oxygens (including phenoxy) is 1. The molecule has 5 nitrogen and oxygen atoms in total. The molecule has 0 aliphatic carbocycles. The van der Waals surface area contributed by atoms with Crippen molar-refractivity contribution in [2.45, 2.75) is 0 Å². The predicted octanol–water partition coefficient (Wildman–Crippen LogP) is 4.47. The fraction of sp³-hybridized carbons (Fsp3) is 0.0588. The molecule has 1 aromatic heterocycles. The van der Waals surface area contributed by atoms with E-state index < -0.39 is 0 Å². The Balaban J connectivity index is 1.87. The molecule has 3 aromatic rings. The van der Waals surface area contributed by atoms with E-state index in [2.05, 4.69) is 26.2 Å². The summed E-state index contributed by atoms with van der Waals surface area (Å²) in [6.45, 7) is 0. The van der Waals surface area contributed by atoms with Crippen LogP contribution in [0.15, 0.2) is 53.0 Å². The molecule has 0 radical (unpaired) electrons. The van der Waals surface area contributed by atoms with Crippen molar-refractivity contribution in [3.05, 3.63) is 63.4 Å². The first-order valence-electron chi connectivity index (χ1n) is 7.05. The molecule has 1 heterocycles. The Labute approximate surface area is 151 Å². The van der Waals surface area contributed by atoms with Crippen LogP contribution in [0, 0.1) is 0 Å². The summed E-state index contributed by atoms with van der Waals surface area (Å²) in [5.41, 5.74) is 7.26. The van der Waals surface area contributed by atoms with Crippen LogP contribution in [-0.4, -0.2) is 17.9 Å². The number of thiazole rings is 1. The molecule has 0 fully saturated rings. The number of carbonyl (C=O) groups excluding carboxylic acids is 1. The molecular formula is C17H14BrN3O2S. The van der Waals surface area contributed by atoms with Gasteiger partial charge in [0.05, 0.1) is 12.8 Å². The van der Waals surface area contributed by atoms with Crippen LogP contribution in [0.3, 0.4) is 0 Å². The van der Waals surface area contributed by atoms with Crippen LogP contribution in [0.2, 0.25) is 0 Å². The second-order valence-electron chi connectivity index (χ2n) is 4.89. The van der Waals surface area contributed by atoms with Crippen molar-refractivity contribution in [1.29, 1.82) is 0 Å². The minimum atomic E-state index is -0.148. The molecular weight excluding hydrogens is 390 g/mol. The summed E-state index contributed by atoms with van der Waals surface area (Å²) < 4.78 is 6.21. The lowest BCUT2D eigenvalue weighted by Gasteiger charge is -2.07. The number of nitrogens with zero attached hydrogens (tertiary/aromatic N) is 1. The van der Waals surface area contributed by atoms with Gasteiger partial charge in [0.15, 0.2) is 5.13 Å². The number of rotatable bonds is 5. The second kappa shape index (κ2) is 7.02. The summed E-state index contributed by atoms with van der Waals surface area (Å²) in [5, 5.41) is 3.68. The van der Waals surface area contributed by atoms with Gasteiger partial charge in [-0.1, -0.05) is 39.4 Å². The maximum atomic E-state index is 12.6. The molecule has 2 aromatic carbocycles. The predicted molar refractivity (Wildman–Crippen MR) is 100 cm³/mol. The molecule has 0 bridgehead atoms. The molecule has 7 heteroatoms. The van der Waals surface area contributed by atoms with Gasteiger partial charge in [0.1, 0.15) is 16.4 Å². The van der Waals surface area contributed by atoms with Crippen LogP contribution in [0.5, 0.6) is 5.75 Å². The van der Waals surface area contributed by atoms with Gasteiger partial charge in [0, 0.05) is 10.0 Å². The molecule has 0 spiro atoms. The van der Waals surface area contributed by atoms with Gasteiger partial charge in [-0.15, -0.1) is 0 Å². The highest BCUT2D eigenvalue weighted by Gasteiger charge is 2.18. The van der Waals surface area contributed by atoms with E-state index in [0.29, 0.717) is 21.3 Å². The monoisotopic (exact) mass is 403 g/mol. The molecule has 0 unspecified atom stereocenters. The van der Waals surface area contributed by atoms with Gasteiger partial charge in [-0.2, -0.15) is 0 Å². The van der Waals surface area contributed by atoms with E-state index in [9.17, 15) is 4.79 Å². The molecule has 3 rings (SSSR count). The smallest absolute Gasteiger partial charge is 0.206 e. The number of nitrogen functional groups attached to an aromatic ring is 1. The third kappa shape index (κ3) is 3.42. The van der Waals surface area contributed by atoms with E-state index >= 15 is 0 Å². The van der Waals surface area contributed by atoms with Crippen molar-refractivity contribution in [3.8, 4) is 5.75 Å². The molecule has 0 atom stereocenters. The second-order valence-corrected chi connectivity index (χ2v) is 6.81. The first-order valence-corrected chi connectivity index (χ1v) is 8.66. The number of hydrogen-bond acceptors (Lipinski definition) is 6. The molecule has 0 aliphatic rings. The van der Waals surface area contributed by atoms with Crippen molar-refractivity contribution >= 4 is 49.7 Å². The lowest BCUT2D eigenvalue weighted by molar-refractivity contribution is 0.104. The van der Waals surface area contributed by atoms with Crippen LogP contribution in [0.4, 0.5) is 16.6 Å². The largest absolute Gasteiger partial charge is 0.495 e. The number of nitrogens with two attached hydrogens (primary N) is 1. The molecule has 0 aliphatic heterocycles. The van der Waals surface area contributed by atoms with Gasteiger partial charge >= 0.3 is 0 Å². The molecule has 3 N–H and O–H groups in total. The van der Waals surface area contributed by atoms with Crippen LogP contribution in [-0.2, 0) is 0 Å². The van der Waals surface area contributed by atoms with Crippen molar-refractivity contribution in [3.63, 3.8) is 0 Å². The normalized spacial score (nSPS) is 10.4. The van der Waals surface area contributed by atoms with E-state index in [1.807, 2.05) is 36.4 Å². The van der Waals surface area contributed by atoms with Crippen molar-refractivity contribution in [2.75, 3.05) is 18.2 Å². The molecule has 0 amide bonds. The van der Waals surface area contributed by atoms with Crippen molar-refractivity contribution in [2.24, 2.45) is 0 Å². The summed E-state index contributed by atoms with van der Waals surface area (Å²) in [7, 11) is 1.60. The number of nitrogens with one attached hydrogen (secondary N) is 1. The number of methoxy groups -OCH3 is 1. The summed E-state index contributed by atoms with van der Waals surface area (Å²) in [6, 6.07) is 14.6. The lowest BCUT2D eigenvalue weighted by Crippen LogP contribution is -2.02. The summed E-state index contributed by atoms with van der Waals surface area (Å²) in [6.07, 6.45) is 0. The first-order chi connectivity index (χ1) is 11.6. The van der Waals surface area contributed by atoms with Crippen LogP contribution in [0.25, 0.3) is 0 Å². The van der Waals surface area contributed by atoms with Crippen LogP contribution in [0.1, 0.15) is 15.2 Å². The summed E-state index contributed by atoms with van der Waals surface area (Å²) in [5.74, 6) is 0.753. The zero-order valence-corrected chi connectivity index (χ0v) is 15.1. The average molecular weight is 404 g/mol. The van der Waals surface area contributed by atoms with E-state index in [0.717, 1.165) is 10.2 Å². The number of anilines is 3. The Kier molecular flexibility index (Phi) is 4.82. The topological polar surface area (TPSA) is 77.2 Å². The summed E-state index contributed by atoms with van der Waals surface area (Å²) in [4.78, 5) is 17.2. The highest BCUT2D eigenvalue weighted by atomic mass is 79.9. The van der Waals surface area contributed by atoms with E-state index in [-0.39, 0.29) is 11.6 Å². The minimum Gasteiger partial charge on any atom is -0.495 e. The van der Waals surface area contributed by atoms with E-state index in [1.165, 1.54) is 11.3 Å². The average Bonchev–Trinajstić information content (AvgIpc) is 2.96. The number of hydrogen-bond donors (Lipinski definition) is 2. The lowest BCUT2D eigenvalue weighted by atomic mass is 10.1. The fourth-order valence-corrected chi connectivity index (χ4v) is 3.27. The zero-order valence-electron chi connectivity index (χ0n) is 12.7. The first kappa shape index (κ1) is 16.5. The molecule has 0 saturated carbocycles. The number of aromatic nitrogens is 1. The molecule has 122 valence electrons. The SMILES string of the molecule is COc1ccccc1Nc1nc(N)c(C(=O)c2ccc(Br)cc2)s1. The van der Waals surface area contributed by atoms with E-state index in [4.69, 9.17) is 10.5 Å². The Morgan fingerprint density at radius 1 is 1.21 bits per heavy atom. The standard InChI is InChI=1S/C17H14BrN3O2S/c1-23-13-5-3-2-4-12(13)20-17-21-16(19)15(24-17)14(22)10-6-8-11(18)9-7-10/h2-9H,19H2,1H3,(H,20,21). The third-order valence-electron chi connectivity index (χ3n) is 3.31. The van der Waals surface area contributed by atoms with Gasteiger partial charge in [-0.25, -0.2) is 4.98 Å². The third-order valence-corrected chi connectivity index (χ3v) is 4.83. The van der Waals surface area contributed by atoms with Crippen molar-refractivity contribution in [1.82, 2.24) is 4.98 Å². The number of carbonyl (C=O) groups is 1. The van der Waals surface area contributed by atoms with Crippen LogP contribution < -0.4 is 15.8 Å². The Bertz CT molecular complexity index is 878. The van der Waals surface area contributed by atoms with Crippen LogP contribution >= 0.6 is 27.3 Å². The fourth-order valence-electron chi connectivity index (χ4n) is 2.14. The molecule has 24 heavy (non-hydrogen) atoms. The Morgan fingerprint density at radius 3 is 2.62 bits per heavy atom. The quantitative estimate of drug-likeness (QED) is 0.614. The van der Waals surface area contributed by atoms with Gasteiger partial charge in [-0.05, 0) is 36.4 Å². The maximum Gasteiger partial charge on any atom is 0.206 e. The van der Waals surface area contributed by atoms with Gasteiger partial charge < -0.3 is 15.8 Å². The van der Waals surface area contributed by atoms with E-state index in [1.54, 1.807) is 19.2 Å². The number of para-hydroxylation sites is 2. The number of halogens is 1. The maximum absolute atomic E-state index is 12.6. The van der Waals surface area contributed by atoms with Crippen molar-refractivity contribution < 1.29 is 9.53 Å². The Hall–Kier alpha value is -2.38. The van der Waals surface area contributed by atoms with Gasteiger partial charge in [0.2, 0.25) is 5.78 Å². The Morgan fingerprint density at radius 2 is 1.92 bits per heavy atom. The zero-order chi connectivity index (χ0) is 17.1. The number of benzene rings is 2. The highest BCUT2D eigenvalue weighted by molar-refractivity contribution is 9.10.